The highest BCUT2D eigenvalue weighted by molar-refractivity contribution is 6.30. The van der Waals surface area contributed by atoms with Crippen molar-refractivity contribution in [3.05, 3.63) is 98.9 Å². The Kier molecular flexibility index (Phi) is 5.91. The van der Waals surface area contributed by atoms with Gasteiger partial charge < -0.3 is 14.6 Å². The molecule has 0 aliphatic heterocycles. The number of nitrogens with zero attached hydrogens (tertiary/aromatic N) is 1. The Bertz CT molecular complexity index is 1070. The molecule has 0 radical (unpaired) electrons. The number of para-hydroxylation sites is 1. The highest BCUT2D eigenvalue weighted by Crippen LogP contribution is 2.17. The van der Waals surface area contributed by atoms with Gasteiger partial charge in [0.1, 0.15) is 5.56 Å². The van der Waals surface area contributed by atoms with E-state index in [0.29, 0.717) is 11.6 Å². The van der Waals surface area contributed by atoms with Gasteiger partial charge in [-0.1, -0.05) is 35.9 Å². The quantitative estimate of drug-likeness (QED) is 0.668. The van der Waals surface area contributed by atoms with Crippen molar-refractivity contribution >= 4 is 29.2 Å². The maximum Gasteiger partial charge on any atom is 0.339 e. The van der Waals surface area contributed by atoms with Crippen LogP contribution in [-0.4, -0.2) is 23.6 Å². The van der Waals surface area contributed by atoms with Crippen LogP contribution in [0.1, 0.15) is 26.3 Å². The van der Waals surface area contributed by atoms with Crippen LogP contribution in [-0.2, 0) is 11.3 Å². The molecule has 28 heavy (non-hydrogen) atoms. The van der Waals surface area contributed by atoms with Crippen LogP contribution in [0.5, 0.6) is 0 Å². The van der Waals surface area contributed by atoms with Gasteiger partial charge in [-0.15, -0.1) is 0 Å². The Balaban J connectivity index is 1.86. The van der Waals surface area contributed by atoms with Crippen molar-refractivity contribution in [3.8, 4) is 0 Å². The first-order chi connectivity index (χ1) is 13.5. The minimum absolute atomic E-state index is 0.0314. The average molecular weight is 397 g/mol. The summed E-state index contributed by atoms with van der Waals surface area (Å²) in [7, 11) is 1.26. The molecular formula is C21H17ClN2O4. The molecule has 0 aliphatic rings. The van der Waals surface area contributed by atoms with E-state index in [-0.39, 0.29) is 16.8 Å². The van der Waals surface area contributed by atoms with E-state index in [2.05, 4.69) is 5.32 Å². The number of esters is 1. The van der Waals surface area contributed by atoms with Crippen LogP contribution in [0.4, 0.5) is 5.69 Å². The number of halogens is 1. The number of carbonyl (C=O) groups excluding carboxylic acids is 2. The number of carbonyl (C=O) groups is 2. The molecule has 142 valence electrons. The van der Waals surface area contributed by atoms with Gasteiger partial charge in [-0.3, -0.25) is 9.59 Å². The zero-order chi connectivity index (χ0) is 20.1. The van der Waals surface area contributed by atoms with Crippen molar-refractivity contribution in [2.75, 3.05) is 12.4 Å². The molecule has 0 fully saturated rings. The lowest BCUT2D eigenvalue weighted by atomic mass is 10.1. The normalized spacial score (nSPS) is 10.4. The van der Waals surface area contributed by atoms with Crippen molar-refractivity contribution in [1.29, 1.82) is 0 Å². The van der Waals surface area contributed by atoms with Gasteiger partial charge in [0.05, 0.1) is 24.9 Å². The summed E-state index contributed by atoms with van der Waals surface area (Å²) in [6.07, 6.45) is 1.61. The molecule has 1 aromatic heterocycles. The standard InChI is InChI=1S/C21H17ClN2O4/c1-28-21(27)16-5-2-3-7-18(16)23-19(25)17-6-4-12-24(20(17)26)13-14-8-10-15(22)11-9-14/h2-12H,13H2,1H3,(H,23,25). The molecule has 1 amide bonds. The molecule has 0 bridgehead atoms. The van der Waals surface area contributed by atoms with E-state index >= 15 is 0 Å². The summed E-state index contributed by atoms with van der Waals surface area (Å²) in [5.74, 6) is -1.18. The molecule has 3 aromatic rings. The summed E-state index contributed by atoms with van der Waals surface area (Å²) in [4.78, 5) is 37.2. The molecule has 0 spiro atoms. The number of hydrogen-bond donors (Lipinski definition) is 1. The second-order valence-corrected chi connectivity index (χ2v) is 6.41. The molecule has 6 nitrogen and oxygen atoms in total. The van der Waals surface area contributed by atoms with Crippen molar-refractivity contribution < 1.29 is 14.3 Å². The summed E-state index contributed by atoms with van der Waals surface area (Å²) in [5.41, 5.74) is 0.879. The third-order valence-electron chi connectivity index (χ3n) is 4.11. The van der Waals surface area contributed by atoms with E-state index in [0.717, 1.165) is 5.56 Å². The molecule has 2 aromatic carbocycles. The summed E-state index contributed by atoms with van der Waals surface area (Å²) in [5, 5.41) is 3.22. The highest BCUT2D eigenvalue weighted by atomic mass is 35.5. The van der Waals surface area contributed by atoms with Gasteiger partial charge in [-0.05, 0) is 42.0 Å². The summed E-state index contributed by atoms with van der Waals surface area (Å²) in [6, 6.07) is 16.6. The Morgan fingerprint density at radius 2 is 1.68 bits per heavy atom. The zero-order valence-corrected chi connectivity index (χ0v) is 15.8. The predicted molar refractivity (Wildman–Crippen MR) is 107 cm³/mol. The molecular weight excluding hydrogens is 380 g/mol. The van der Waals surface area contributed by atoms with E-state index in [4.69, 9.17) is 16.3 Å². The van der Waals surface area contributed by atoms with Gasteiger partial charge in [0.15, 0.2) is 0 Å². The number of rotatable bonds is 5. The number of aromatic nitrogens is 1. The summed E-state index contributed by atoms with van der Waals surface area (Å²) in [6.45, 7) is 0.301. The van der Waals surface area contributed by atoms with Crippen molar-refractivity contribution in [3.63, 3.8) is 0 Å². The molecule has 1 heterocycles. The number of benzene rings is 2. The van der Waals surface area contributed by atoms with Gasteiger partial charge >= 0.3 is 5.97 Å². The van der Waals surface area contributed by atoms with Gasteiger partial charge in [0.2, 0.25) is 0 Å². The van der Waals surface area contributed by atoms with Crippen LogP contribution in [0.25, 0.3) is 0 Å². The van der Waals surface area contributed by atoms with Crippen LogP contribution in [0.2, 0.25) is 5.02 Å². The number of anilines is 1. The van der Waals surface area contributed by atoms with Crippen LogP contribution < -0.4 is 10.9 Å². The first-order valence-electron chi connectivity index (χ1n) is 8.42. The van der Waals surface area contributed by atoms with E-state index in [1.807, 2.05) is 12.1 Å². The Morgan fingerprint density at radius 3 is 2.39 bits per heavy atom. The monoisotopic (exact) mass is 396 g/mol. The fourth-order valence-electron chi connectivity index (χ4n) is 2.69. The van der Waals surface area contributed by atoms with E-state index in [1.165, 1.54) is 23.8 Å². The lowest BCUT2D eigenvalue weighted by molar-refractivity contribution is 0.0602. The average Bonchev–Trinajstić information content (AvgIpc) is 2.71. The largest absolute Gasteiger partial charge is 0.465 e. The molecule has 1 N–H and O–H groups in total. The molecule has 7 heteroatoms. The number of nitrogens with one attached hydrogen (secondary N) is 1. The van der Waals surface area contributed by atoms with Gasteiger partial charge in [0.25, 0.3) is 11.5 Å². The van der Waals surface area contributed by atoms with Crippen LogP contribution >= 0.6 is 11.6 Å². The Hall–Kier alpha value is -3.38. The number of hydrogen-bond acceptors (Lipinski definition) is 4. The smallest absolute Gasteiger partial charge is 0.339 e. The second-order valence-electron chi connectivity index (χ2n) is 5.97. The number of methoxy groups -OCH3 is 1. The second kappa shape index (κ2) is 8.54. The highest BCUT2D eigenvalue weighted by Gasteiger charge is 2.17. The maximum atomic E-state index is 12.7. The minimum Gasteiger partial charge on any atom is -0.465 e. The Labute approximate surface area is 166 Å². The third-order valence-corrected chi connectivity index (χ3v) is 4.36. The maximum absolute atomic E-state index is 12.7. The summed E-state index contributed by atoms with van der Waals surface area (Å²) < 4.78 is 6.15. The van der Waals surface area contributed by atoms with Gasteiger partial charge in [-0.2, -0.15) is 0 Å². The molecule has 3 rings (SSSR count). The molecule has 0 atom stereocenters. The number of pyridine rings is 1. The lowest BCUT2D eigenvalue weighted by Gasteiger charge is -2.11. The van der Waals surface area contributed by atoms with E-state index in [1.54, 1.807) is 42.6 Å². The molecule has 0 saturated heterocycles. The number of amides is 1. The third kappa shape index (κ3) is 4.29. The molecule has 0 aliphatic carbocycles. The van der Waals surface area contributed by atoms with Gasteiger partial charge in [-0.25, -0.2) is 4.79 Å². The van der Waals surface area contributed by atoms with E-state index < -0.39 is 17.4 Å². The lowest BCUT2D eigenvalue weighted by Crippen LogP contribution is -2.29. The number of ether oxygens (including phenoxy) is 1. The van der Waals surface area contributed by atoms with E-state index in [9.17, 15) is 14.4 Å². The fraction of sp³-hybridized carbons (Fsp3) is 0.0952. The van der Waals surface area contributed by atoms with Crippen molar-refractivity contribution in [1.82, 2.24) is 4.57 Å². The molecule has 0 unspecified atom stereocenters. The van der Waals surface area contributed by atoms with Crippen LogP contribution in [0.3, 0.4) is 0 Å². The first kappa shape index (κ1) is 19.4. The SMILES string of the molecule is COC(=O)c1ccccc1NC(=O)c1cccn(Cc2ccc(Cl)cc2)c1=O. The van der Waals surface area contributed by atoms with Crippen molar-refractivity contribution in [2.45, 2.75) is 6.54 Å². The van der Waals surface area contributed by atoms with Crippen LogP contribution in [0, 0.1) is 0 Å². The predicted octanol–water partition coefficient (Wildman–Crippen LogP) is 3.59. The Morgan fingerprint density at radius 1 is 1.00 bits per heavy atom. The minimum atomic E-state index is -0.605. The first-order valence-corrected chi connectivity index (χ1v) is 8.80. The fourth-order valence-corrected chi connectivity index (χ4v) is 2.82. The topological polar surface area (TPSA) is 77.4 Å². The van der Waals surface area contributed by atoms with Gasteiger partial charge in [0, 0.05) is 11.2 Å². The summed E-state index contributed by atoms with van der Waals surface area (Å²) >= 11 is 5.88. The molecule has 0 saturated carbocycles. The zero-order valence-electron chi connectivity index (χ0n) is 15.0. The van der Waals surface area contributed by atoms with Crippen molar-refractivity contribution in [2.24, 2.45) is 0 Å². The van der Waals surface area contributed by atoms with Crippen LogP contribution in [0.15, 0.2) is 71.7 Å².